The van der Waals surface area contributed by atoms with Crippen LogP contribution in [0.2, 0.25) is 0 Å². The van der Waals surface area contributed by atoms with Crippen molar-refractivity contribution in [3.05, 3.63) is 69.4 Å². The van der Waals surface area contributed by atoms with Crippen LogP contribution in [0.25, 0.3) is 32.8 Å². The molecule has 0 aliphatic rings. The summed E-state index contributed by atoms with van der Waals surface area (Å²) >= 11 is 3.60. The minimum absolute atomic E-state index is 0.125. The first kappa shape index (κ1) is 14.8. The summed E-state index contributed by atoms with van der Waals surface area (Å²) in [5.41, 5.74) is 7.93. The van der Waals surface area contributed by atoms with Crippen LogP contribution in [0, 0.1) is 0 Å². The molecular formula is C19H13BrN2O2. The molecule has 4 nitrogen and oxygen atoms in total. The minimum atomic E-state index is -0.340. The van der Waals surface area contributed by atoms with Gasteiger partial charge in [0.25, 0.3) is 5.56 Å². The lowest BCUT2D eigenvalue weighted by Gasteiger charge is -2.13. The van der Waals surface area contributed by atoms with Crippen molar-refractivity contribution in [2.45, 2.75) is 0 Å². The number of anilines is 1. The van der Waals surface area contributed by atoms with Crippen molar-refractivity contribution >= 4 is 43.3 Å². The van der Waals surface area contributed by atoms with Gasteiger partial charge in [-0.1, -0.05) is 52.3 Å². The van der Waals surface area contributed by atoms with Crippen LogP contribution in [0.3, 0.4) is 0 Å². The van der Waals surface area contributed by atoms with Crippen molar-refractivity contribution in [2.75, 3.05) is 5.73 Å². The Morgan fingerprint density at radius 2 is 1.71 bits per heavy atom. The average molecular weight is 381 g/mol. The number of pyridine rings is 1. The third-order valence-corrected chi connectivity index (χ3v) is 4.81. The van der Waals surface area contributed by atoms with E-state index < -0.39 is 0 Å². The number of hydrogen-bond donors (Lipinski definition) is 3. The SMILES string of the molecule is Nc1c(-c2cccc(O)c2)c2cc(Br)c3ccccc3c2[nH]c1=O. The highest BCUT2D eigenvalue weighted by Crippen LogP contribution is 2.38. The Morgan fingerprint density at radius 3 is 2.46 bits per heavy atom. The maximum absolute atomic E-state index is 12.4. The topological polar surface area (TPSA) is 79.1 Å². The molecule has 3 aromatic carbocycles. The number of fused-ring (bicyclic) bond motifs is 3. The number of nitrogen functional groups attached to an aromatic ring is 1. The van der Waals surface area contributed by atoms with Crippen LogP contribution < -0.4 is 11.3 Å². The van der Waals surface area contributed by atoms with Gasteiger partial charge in [-0.3, -0.25) is 4.79 Å². The number of halogens is 1. The molecule has 0 aliphatic heterocycles. The van der Waals surface area contributed by atoms with Crippen molar-refractivity contribution in [1.29, 1.82) is 0 Å². The summed E-state index contributed by atoms with van der Waals surface area (Å²) in [4.78, 5) is 15.3. The van der Waals surface area contributed by atoms with Gasteiger partial charge in [-0.2, -0.15) is 0 Å². The second kappa shape index (κ2) is 5.39. The number of aromatic amines is 1. The second-order valence-electron chi connectivity index (χ2n) is 5.62. The van der Waals surface area contributed by atoms with Crippen molar-refractivity contribution in [1.82, 2.24) is 4.98 Å². The fourth-order valence-electron chi connectivity index (χ4n) is 3.07. The van der Waals surface area contributed by atoms with Crippen LogP contribution in [0.4, 0.5) is 5.69 Å². The quantitative estimate of drug-likeness (QED) is 0.428. The predicted octanol–water partition coefficient (Wildman–Crippen LogP) is 4.40. The first-order valence-corrected chi connectivity index (χ1v) is 8.17. The van der Waals surface area contributed by atoms with Gasteiger partial charge in [0.05, 0.1) is 5.52 Å². The first-order chi connectivity index (χ1) is 11.6. The van der Waals surface area contributed by atoms with Crippen molar-refractivity contribution in [3.8, 4) is 16.9 Å². The number of phenolic OH excluding ortho intramolecular Hbond substituents is 1. The minimum Gasteiger partial charge on any atom is -0.508 e. The molecule has 4 rings (SSSR count). The zero-order chi connectivity index (χ0) is 16.8. The first-order valence-electron chi connectivity index (χ1n) is 7.38. The molecule has 0 aliphatic carbocycles. The number of aromatic nitrogens is 1. The lowest BCUT2D eigenvalue weighted by atomic mass is 9.96. The molecule has 24 heavy (non-hydrogen) atoms. The zero-order valence-corrected chi connectivity index (χ0v) is 14.1. The molecule has 0 saturated carbocycles. The molecule has 0 radical (unpaired) electrons. The monoisotopic (exact) mass is 380 g/mol. The summed E-state index contributed by atoms with van der Waals surface area (Å²) < 4.78 is 0.915. The van der Waals surface area contributed by atoms with E-state index in [1.165, 1.54) is 0 Å². The summed E-state index contributed by atoms with van der Waals surface area (Å²) in [5, 5.41) is 12.6. The zero-order valence-electron chi connectivity index (χ0n) is 12.5. The van der Waals surface area contributed by atoms with Gasteiger partial charge in [0.2, 0.25) is 0 Å². The van der Waals surface area contributed by atoms with Crippen LogP contribution in [0.1, 0.15) is 0 Å². The Bertz CT molecular complexity index is 1170. The fraction of sp³-hybridized carbons (Fsp3) is 0. The third kappa shape index (κ3) is 2.17. The number of benzene rings is 3. The molecular weight excluding hydrogens is 368 g/mol. The summed E-state index contributed by atoms with van der Waals surface area (Å²) in [6, 6.07) is 16.5. The van der Waals surface area contributed by atoms with Gasteiger partial charge in [-0.25, -0.2) is 0 Å². The lowest BCUT2D eigenvalue weighted by Crippen LogP contribution is -2.13. The molecule has 4 N–H and O–H groups in total. The number of nitrogens with one attached hydrogen (secondary N) is 1. The van der Waals surface area contributed by atoms with Gasteiger partial charge in [0, 0.05) is 20.8 Å². The lowest BCUT2D eigenvalue weighted by molar-refractivity contribution is 0.475. The molecule has 0 atom stereocenters. The molecule has 4 aromatic rings. The van der Waals surface area contributed by atoms with Gasteiger partial charge in [-0.15, -0.1) is 0 Å². The number of nitrogens with two attached hydrogens (primary N) is 1. The molecule has 5 heteroatoms. The normalized spacial score (nSPS) is 11.2. The smallest absolute Gasteiger partial charge is 0.272 e. The highest BCUT2D eigenvalue weighted by molar-refractivity contribution is 9.10. The van der Waals surface area contributed by atoms with Gasteiger partial charge in [0.1, 0.15) is 11.4 Å². The number of aromatic hydroxyl groups is 1. The van der Waals surface area contributed by atoms with Crippen LogP contribution in [0.5, 0.6) is 5.75 Å². The number of hydrogen-bond acceptors (Lipinski definition) is 3. The molecule has 0 spiro atoms. The third-order valence-electron chi connectivity index (χ3n) is 4.15. The summed E-state index contributed by atoms with van der Waals surface area (Å²) in [6.45, 7) is 0. The van der Waals surface area contributed by atoms with Crippen LogP contribution in [0.15, 0.2) is 63.9 Å². The summed E-state index contributed by atoms with van der Waals surface area (Å²) in [7, 11) is 0. The average Bonchev–Trinajstić information content (AvgIpc) is 2.57. The molecule has 0 saturated heterocycles. The number of phenols is 1. The Morgan fingerprint density at radius 1 is 0.958 bits per heavy atom. The van der Waals surface area contributed by atoms with E-state index in [0.717, 1.165) is 26.1 Å². The van der Waals surface area contributed by atoms with Crippen LogP contribution in [-0.2, 0) is 0 Å². The Labute approximate surface area is 145 Å². The molecule has 1 aromatic heterocycles. The number of rotatable bonds is 1. The van der Waals surface area contributed by atoms with Gasteiger partial charge in [-0.05, 0) is 29.1 Å². The Balaban J connectivity index is 2.25. The van der Waals surface area contributed by atoms with E-state index in [1.807, 2.05) is 36.4 Å². The fourth-order valence-corrected chi connectivity index (χ4v) is 3.65. The molecule has 0 amide bonds. The summed E-state index contributed by atoms with van der Waals surface area (Å²) in [6.07, 6.45) is 0. The van der Waals surface area contributed by atoms with Crippen molar-refractivity contribution in [3.63, 3.8) is 0 Å². The standard InChI is InChI=1S/C19H13BrN2O2/c20-15-9-14-16(10-4-3-5-11(23)8-10)17(21)19(24)22-18(14)13-7-2-1-6-12(13)15/h1-9,23H,21H2,(H,22,24). The molecule has 0 fully saturated rings. The maximum atomic E-state index is 12.4. The predicted molar refractivity (Wildman–Crippen MR) is 101 cm³/mol. The highest BCUT2D eigenvalue weighted by atomic mass is 79.9. The van der Waals surface area contributed by atoms with E-state index in [-0.39, 0.29) is 17.0 Å². The van der Waals surface area contributed by atoms with Crippen molar-refractivity contribution < 1.29 is 5.11 Å². The van der Waals surface area contributed by atoms with Crippen LogP contribution in [-0.4, -0.2) is 10.1 Å². The summed E-state index contributed by atoms with van der Waals surface area (Å²) in [5.74, 6) is 0.125. The maximum Gasteiger partial charge on any atom is 0.272 e. The van der Waals surface area contributed by atoms with E-state index in [1.54, 1.807) is 18.2 Å². The van der Waals surface area contributed by atoms with Gasteiger partial charge in [0.15, 0.2) is 0 Å². The number of H-pyrrole nitrogens is 1. The van der Waals surface area contributed by atoms with Crippen molar-refractivity contribution in [2.24, 2.45) is 0 Å². The molecule has 0 bridgehead atoms. The van der Waals surface area contributed by atoms with E-state index in [9.17, 15) is 9.90 Å². The van der Waals surface area contributed by atoms with E-state index >= 15 is 0 Å². The van der Waals surface area contributed by atoms with Crippen LogP contribution >= 0.6 is 15.9 Å². The Hall–Kier alpha value is -2.79. The second-order valence-corrected chi connectivity index (χ2v) is 6.47. The molecule has 0 unspecified atom stereocenters. The van der Waals surface area contributed by atoms with E-state index in [4.69, 9.17) is 5.73 Å². The largest absolute Gasteiger partial charge is 0.508 e. The molecule has 118 valence electrons. The van der Waals surface area contributed by atoms with E-state index in [0.29, 0.717) is 11.1 Å². The molecule has 1 heterocycles. The van der Waals surface area contributed by atoms with Gasteiger partial charge >= 0.3 is 0 Å². The highest BCUT2D eigenvalue weighted by Gasteiger charge is 2.15. The van der Waals surface area contributed by atoms with E-state index in [2.05, 4.69) is 20.9 Å². The van der Waals surface area contributed by atoms with Gasteiger partial charge < -0.3 is 15.8 Å². The Kier molecular flexibility index (Phi) is 3.32.